The van der Waals surface area contributed by atoms with Crippen LogP contribution in [0.15, 0.2) is 115 Å². The number of methoxy groups -OCH3 is 1. The van der Waals surface area contributed by atoms with E-state index in [0.29, 0.717) is 23.7 Å². The fourth-order valence-electron chi connectivity index (χ4n) is 6.66. The zero-order valence-electron chi connectivity index (χ0n) is 19.7. The molecule has 168 valence electrons. The van der Waals surface area contributed by atoms with Crippen molar-refractivity contribution >= 4 is 23.6 Å². The van der Waals surface area contributed by atoms with Crippen LogP contribution in [-0.2, 0) is 4.74 Å². The number of hydrogen-bond acceptors (Lipinski definition) is 1. The lowest BCUT2D eigenvalue weighted by Gasteiger charge is -2.38. The molecule has 0 amide bonds. The van der Waals surface area contributed by atoms with Gasteiger partial charge >= 0.3 is 0 Å². The van der Waals surface area contributed by atoms with E-state index < -0.39 is 8.07 Å². The monoisotopic (exact) mass is 450 g/mol. The maximum Gasteiger partial charge on any atom is 0.148 e. The first kappa shape index (κ1) is 22.1. The van der Waals surface area contributed by atoms with Crippen molar-refractivity contribution in [1.82, 2.24) is 0 Å². The normalized spacial score (nSPS) is 24.4. The molecule has 0 radical (unpaired) electrons. The van der Waals surface area contributed by atoms with Crippen LogP contribution in [0.3, 0.4) is 0 Å². The van der Waals surface area contributed by atoms with Crippen molar-refractivity contribution in [2.24, 2.45) is 23.7 Å². The summed E-state index contributed by atoms with van der Waals surface area (Å²) < 4.78 is 5.67. The summed E-state index contributed by atoms with van der Waals surface area (Å²) in [5, 5.41) is 4.55. The van der Waals surface area contributed by atoms with Crippen LogP contribution in [0, 0.1) is 23.7 Å². The molecule has 4 unspecified atom stereocenters. The van der Waals surface area contributed by atoms with E-state index in [1.165, 1.54) is 33.6 Å². The number of fused-ring (bicyclic) bond motifs is 1. The Hall–Kier alpha value is -2.68. The van der Waals surface area contributed by atoms with Gasteiger partial charge in [-0.25, -0.2) is 0 Å². The van der Waals surface area contributed by atoms with E-state index in [4.69, 9.17) is 4.74 Å². The molecule has 0 heterocycles. The van der Waals surface area contributed by atoms with Gasteiger partial charge in [0.25, 0.3) is 0 Å². The van der Waals surface area contributed by atoms with Crippen molar-refractivity contribution in [2.45, 2.75) is 19.4 Å². The van der Waals surface area contributed by atoms with Gasteiger partial charge in [0.15, 0.2) is 0 Å². The van der Waals surface area contributed by atoms with E-state index in [1.807, 2.05) is 7.11 Å². The first-order chi connectivity index (χ1) is 16.2. The molecule has 0 aromatic heterocycles. The Balaban J connectivity index is 1.67. The zero-order chi connectivity index (χ0) is 22.7. The molecule has 5 rings (SSSR count). The highest BCUT2D eigenvalue weighted by Gasteiger charge is 2.48. The summed E-state index contributed by atoms with van der Waals surface area (Å²) in [6.07, 6.45) is 8.34. The van der Waals surface area contributed by atoms with Crippen molar-refractivity contribution < 1.29 is 4.74 Å². The van der Waals surface area contributed by atoms with E-state index in [1.54, 1.807) is 0 Å². The maximum atomic E-state index is 5.67. The van der Waals surface area contributed by atoms with Gasteiger partial charge in [0.05, 0.1) is 6.61 Å². The molecule has 2 aliphatic carbocycles. The summed E-state index contributed by atoms with van der Waals surface area (Å²) in [7, 11) is -0.408. The maximum absolute atomic E-state index is 5.67. The Morgan fingerprint density at radius 3 is 1.79 bits per heavy atom. The van der Waals surface area contributed by atoms with Gasteiger partial charge in [-0.2, -0.15) is 0 Å². The molecule has 0 aliphatic heterocycles. The van der Waals surface area contributed by atoms with Crippen LogP contribution in [0.4, 0.5) is 0 Å². The van der Waals surface area contributed by atoms with E-state index in [2.05, 4.69) is 116 Å². The molecular weight excluding hydrogens is 416 g/mol. The molecule has 1 fully saturated rings. The van der Waals surface area contributed by atoms with E-state index in [-0.39, 0.29) is 0 Å². The molecule has 0 saturated heterocycles. The third-order valence-corrected chi connectivity index (χ3v) is 13.1. The SMILES string of the molecule is COCC1=CC=CC2C(C)CC(C[Si](c3ccccc3)(c3ccccc3)c3ccccc3)C12. The molecule has 4 atom stereocenters. The third kappa shape index (κ3) is 4.07. The van der Waals surface area contributed by atoms with E-state index in [9.17, 15) is 0 Å². The number of rotatable bonds is 7. The Kier molecular flexibility index (Phi) is 6.48. The predicted octanol–water partition coefficient (Wildman–Crippen LogP) is 5.19. The van der Waals surface area contributed by atoms with Crippen molar-refractivity contribution in [2.75, 3.05) is 13.7 Å². The standard InChI is InChI=1S/C31H34OSi/c1-24-21-26(31-25(22-32-2)13-12-20-30(24)31)23-33(27-14-6-3-7-15-27,28-16-8-4-9-17-28)29-18-10-5-11-19-29/h3-20,24,26,30-31H,21-23H2,1-2H3. The topological polar surface area (TPSA) is 9.23 Å². The Bertz CT molecular complexity index is 1010. The highest BCUT2D eigenvalue weighted by atomic mass is 28.3. The number of hydrogen-bond donors (Lipinski definition) is 0. The van der Waals surface area contributed by atoms with Crippen molar-refractivity contribution in [1.29, 1.82) is 0 Å². The summed E-state index contributed by atoms with van der Waals surface area (Å²) in [6.45, 7) is 3.19. The minimum atomic E-state index is -2.24. The highest BCUT2D eigenvalue weighted by Crippen LogP contribution is 2.50. The smallest absolute Gasteiger partial charge is 0.148 e. The molecule has 1 saturated carbocycles. The number of benzene rings is 3. The Morgan fingerprint density at radius 1 is 0.788 bits per heavy atom. The lowest BCUT2D eigenvalue weighted by molar-refractivity contribution is 0.206. The zero-order valence-corrected chi connectivity index (χ0v) is 20.7. The molecule has 3 aromatic carbocycles. The lowest BCUT2D eigenvalue weighted by Crippen LogP contribution is -2.67. The summed E-state index contributed by atoms with van der Waals surface area (Å²) in [5.74, 6) is 2.54. The van der Waals surface area contributed by atoms with Crippen molar-refractivity contribution in [3.8, 4) is 0 Å². The van der Waals surface area contributed by atoms with Gasteiger partial charge in [-0.1, -0.05) is 116 Å². The second kappa shape index (κ2) is 9.67. The van der Waals surface area contributed by atoms with Crippen LogP contribution in [0.25, 0.3) is 0 Å². The van der Waals surface area contributed by atoms with Crippen LogP contribution < -0.4 is 15.6 Å². The fraction of sp³-hybridized carbons (Fsp3) is 0.290. The van der Waals surface area contributed by atoms with E-state index in [0.717, 1.165) is 6.61 Å². The van der Waals surface area contributed by atoms with Gasteiger partial charge in [-0.3, -0.25) is 0 Å². The van der Waals surface area contributed by atoms with Gasteiger partial charge < -0.3 is 4.74 Å². The summed E-state index contributed by atoms with van der Waals surface area (Å²) in [5.41, 5.74) is 1.48. The minimum Gasteiger partial charge on any atom is -0.380 e. The van der Waals surface area contributed by atoms with Crippen LogP contribution in [0.2, 0.25) is 6.04 Å². The minimum absolute atomic E-state index is 0.577. The summed E-state index contributed by atoms with van der Waals surface area (Å²) in [4.78, 5) is 0. The van der Waals surface area contributed by atoms with Crippen LogP contribution in [0.5, 0.6) is 0 Å². The third-order valence-electron chi connectivity index (χ3n) is 8.01. The molecule has 0 spiro atoms. The quantitative estimate of drug-likeness (QED) is 0.356. The Morgan fingerprint density at radius 2 is 1.30 bits per heavy atom. The lowest BCUT2D eigenvalue weighted by atomic mass is 9.79. The van der Waals surface area contributed by atoms with Crippen molar-refractivity contribution in [3.63, 3.8) is 0 Å². The first-order valence-corrected chi connectivity index (χ1v) is 14.5. The molecule has 0 bridgehead atoms. The van der Waals surface area contributed by atoms with Gasteiger partial charge in [0.1, 0.15) is 8.07 Å². The second-order valence-corrected chi connectivity index (χ2v) is 13.8. The van der Waals surface area contributed by atoms with E-state index >= 15 is 0 Å². The average molecular weight is 451 g/mol. The van der Waals surface area contributed by atoms with Crippen molar-refractivity contribution in [3.05, 3.63) is 115 Å². The molecule has 2 aliphatic rings. The summed E-state index contributed by atoms with van der Waals surface area (Å²) >= 11 is 0. The van der Waals surface area contributed by atoms with Gasteiger partial charge in [-0.15, -0.1) is 0 Å². The molecular formula is C31H34OSi. The average Bonchev–Trinajstić information content (AvgIpc) is 3.20. The summed E-state index contributed by atoms with van der Waals surface area (Å²) in [6, 6.07) is 35.3. The Labute approximate surface area is 199 Å². The number of allylic oxidation sites excluding steroid dienone is 3. The molecule has 33 heavy (non-hydrogen) atoms. The van der Waals surface area contributed by atoms with Crippen LogP contribution >= 0.6 is 0 Å². The van der Waals surface area contributed by atoms with Gasteiger partial charge in [0.2, 0.25) is 0 Å². The van der Waals surface area contributed by atoms with Crippen LogP contribution in [0.1, 0.15) is 13.3 Å². The molecule has 1 nitrogen and oxygen atoms in total. The van der Waals surface area contributed by atoms with Crippen LogP contribution in [-0.4, -0.2) is 21.8 Å². The molecule has 3 aromatic rings. The fourth-order valence-corrected chi connectivity index (χ4v) is 11.9. The predicted molar refractivity (Wildman–Crippen MR) is 142 cm³/mol. The van der Waals surface area contributed by atoms with Gasteiger partial charge in [-0.05, 0) is 57.3 Å². The molecule has 0 N–H and O–H groups in total. The largest absolute Gasteiger partial charge is 0.380 e. The highest BCUT2D eigenvalue weighted by molar-refractivity contribution is 7.11. The number of ether oxygens (including phenoxy) is 1. The molecule has 2 heteroatoms. The first-order valence-electron chi connectivity index (χ1n) is 12.3. The van der Waals surface area contributed by atoms with Gasteiger partial charge in [0, 0.05) is 7.11 Å². The second-order valence-electron chi connectivity index (χ2n) is 9.84.